The minimum absolute atomic E-state index is 0.193. The Labute approximate surface area is 51.4 Å². The van der Waals surface area contributed by atoms with E-state index in [1.54, 1.807) is 5.32 Å². The fourth-order valence-electron chi connectivity index (χ4n) is 0.249. The van der Waals surface area contributed by atoms with Gasteiger partial charge in [0.05, 0.1) is 0 Å². The first kappa shape index (κ1) is 7.61. The van der Waals surface area contributed by atoms with Crippen LogP contribution >= 0.6 is 0 Å². The quantitative estimate of drug-likeness (QED) is 0.446. The molecule has 0 saturated carbocycles. The Bertz CT molecular complexity index is 143. The summed E-state index contributed by atoms with van der Waals surface area (Å²) in [4.78, 5) is 29.7. The summed E-state index contributed by atoms with van der Waals surface area (Å²) in [7, 11) is 0. The van der Waals surface area contributed by atoms with Crippen LogP contribution in [0.25, 0.3) is 0 Å². The summed E-state index contributed by atoms with van der Waals surface area (Å²) in [6.07, 6.45) is 0.193. The molecule has 0 fully saturated rings. The number of carbonyl (C=O) groups excluding carboxylic acids is 3. The molecule has 0 atom stereocenters. The van der Waals surface area contributed by atoms with Gasteiger partial charge in [0.25, 0.3) is 0 Å². The summed E-state index contributed by atoms with van der Waals surface area (Å²) in [6.45, 7) is 1.17. The fraction of sp³-hybridized carbons (Fsp3) is 0.250. The lowest BCUT2D eigenvalue weighted by Crippen LogP contribution is -2.37. The maximum absolute atomic E-state index is 10.2. The van der Waals surface area contributed by atoms with Crippen LogP contribution in [0.2, 0.25) is 0 Å². The van der Waals surface area contributed by atoms with Gasteiger partial charge in [0, 0.05) is 6.92 Å². The molecule has 0 spiro atoms. The number of rotatable bonds is 1. The van der Waals surface area contributed by atoms with Gasteiger partial charge in [-0.05, 0) is 0 Å². The second-order valence-electron chi connectivity index (χ2n) is 1.27. The molecule has 4 amide bonds. The minimum Gasteiger partial charge on any atom is -0.280 e. The molecule has 0 aromatic heterocycles. The molecule has 0 aliphatic carbocycles. The van der Waals surface area contributed by atoms with Crippen LogP contribution in [0.3, 0.4) is 0 Å². The Morgan fingerprint density at radius 2 is 2.00 bits per heavy atom. The molecule has 0 unspecified atom stereocenters. The minimum atomic E-state index is -0.808. The second kappa shape index (κ2) is 3.59. The topological polar surface area (TPSA) is 75.3 Å². The number of imide groups is 2. The molecule has 9 heavy (non-hydrogen) atoms. The Balaban J connectivity index is 3.50. The van der Waals surface area contributed by atoms with Crippen molar-refractivity contribution in [2.24, 2.45) is 0 Å². The van der Waals surface area contributed by atoms with Crippen molar-refractivity contribution in [2.45, 2.75) is 6.92 Å². The molecular formula is C4H6N2O3. The maximum atomic E-state index is 10.2. The number of urea groups is 1. The van der Waals surface area contributed by atoms with Gasteiger partial charge in [0.1, 0.15) is 0 Å². The first-order valence-corrected chi connectivity index (χ1v) is 2.18. The Hall–Kier alpha value is -1.39. The van der Waals surface area contributed by atoms with Crippen LogP contribution in [0.4, 0.5) is 4.79 Å². The van der Waals surface area contributed by atoms with E-state index in [9.17, 15) is 14.4 Å². The highest BCUT2D eigenvalue weighted by Crippen LogP contribution is 1.60. The van der Waals surface area contributed by atoms with E-state index in [0.29, 0.717) is 0 Å². The van der Waals surface area contributed by atoms with Crippen molar-refractivity contribution in [2.75, 3.05) is 0 Å². The lowest BCUT2D eigenvalue weighted by atomic mass is 10.7. The molecule has 0 aromatic rings. The van der Waals surface area contributed by atoms with Gasteiger partial charge in [-0.25, -0.2) is 4.79 Å². The SMILES string of the molecule is CC(=O)NC(=O)NC=O. The Morgan fingerprint density at radius 1 is 1.44 bits per heavy atom. The maximum Gasteiger partial charge on any atom is 0.327 e. The average molecular weight is 130 g/mol. The number of amides is 4. The predicted molar refractivity (Wildman–Crippen MR) is 28.4 cm³/mol. The smallest absolute Gasteiger partial charge is 0.280 e. The van der Waals surface area contributed by atoms with E-state index in [1.165, 1.54) is 6.92 Å². The van der Waals surface area contributed by atoms with E-state index in [1.807, 2.05) is 5.32 Å². The van der Waals surface area contributed by atoms with Gasteiger partial charge in [-0.3, -0.25) is 20.2 Å². The molecule has 0 bridgehead atoms. The summed E-state index contributed by atoms with van der Waals surface area (Å²) >= 11 is 0. The predicted octanol–water partition coefficient (Wildman–Crippen LogP) is -1.01. The zero-order chi connectivity index (χ0) is 7.28. The first-order chi connectivity index (χ1) is 4.16. The van der Waals surface area contributed by atoms with E-state index in [2.05, 4.69) is 0 Å². The molecule has 50 valence electrons. The van der Waals surface area contributed by atoms with Crippen LogP contribution in [0, 0.1) is 0 Å². The summed E-state index contributed by atoms with van der Waals surface area (Å²) in [5.74, 6) is -0.505. The van der Waals surface area contributed by atoms with Crippen LogP contribution in [0.5, 0.6) is 0 Å². The third-order valence-electron chi connectivity index (χ3n) is 0.480. The van der Waals surface area contributed by atoms with Crippen molar-refractivity contribution in [1.82, 2.24) is 10.6 Å². The van der Waals surface area contributed by atoms with Crippen LogP contribution in [0.1, 0.15) is 6.92 Å². The van der Waals surface area contributed by atoms with E-state index < -0.39 is 11.9 Å². The number of hydrogen-bond donors (Lipinski definition) is 2. The molecule has 5 nitrogen and oxygen atoms in total. The van der Waals surface area contributed by atoms with Crippen LogP contribution in [-0.2, 0) is 9.59 Å². The molecular weight excluding hydrogens is 124 g/mol. The van der Waals surface area contributed by atoms with Crippen molar-refractivity contribution in [1.29, 1.82) is 0 Å². The van der Waals surface area contributed by atoms with Gasteiger partial charge in [0.15, 0.2) is 0 Å². The monoisotopic (exact) mass is 130 g/mol. The molecule has 0 aliphatic heterocycles. The van der Waals surface area contributed by atoms with E-state index in [4.69, 9.17) is 0 Å². The third-order valence-corrected chi connectivity index (χ3v) is 0.480. The highest BCUT2D eigenvalue weighted by atomic mass is 16.2. The molecule has 5 heteroatoms. The fourth-order valence-corrected chi connectivity index (χ4v) is 0.249. The van der Waals surface area contributed by atoms with Crippen molar-refractivity contribution in [3.05, 3.63) is 0 Å². The lowest BCUT2D eigenvalue weighted by molar-refractivity contribution is -0.117. The van der Waals surface area contributed by atoms with Crippen LogP contribution in [0.15, 0.2) is 0 Å². The van der Waals surface area contributed by atoms with Gasteiger partial charge in [0.2, 0.25) is 12.3 Å². The average Bonchev–Trinajstić information content (AvgIpc) is 1.63. The Kier molecular flexibility index (Phi) is 3.04. The molecule has 0 radical (unpaired) electrons. The lowest BCUT2D eigenvalue weighted by Gasteiger charge is -1.94. The van der Waals surface area contributed by atoms with E-state index in [-0.39, 0.29) is 6.41 Å². The third kappa shape index (κ3) is 4.46. The van der Waals surface area contributed by atoms with Crippen molar-refractivity contribution in [3.8, 4) is 0 Å². The molecule has 0 aliphatic rings. The summed E-state index contributed by atoms with van der Waals surface area (Å²) in [5.41, 5.74) is 0. The summed E-state index contributed by atoms with van der Waals surface area (Å²) in [5, 5.41) is 3.55. The van der Waals surface area contributed by atoms with Gasteiger partial charge in [-0.2, -0.15) is 0 Å². The number of nitrogens with one attached hydrogen (secondary N) is 2. The molecule has 2 N–H and O–H groups in total. The molecule has 0 aromatic carbocycles. The highest BCUT2D eigenvalue weighted by molar-refractivity contribution is 5.96. The largest absolute Gasteiger partial charge is 0.327 e. The number of hydrogen-bond acceptors (Lipinski definition) is 3. The van der Waals surface area contributed by atoms with Crippen molar-refractivity contribution in [3.63, 3.8) is 0 Å². The number of carbonyl (C=O) groups is 3. The van der Waals surface area contributed by atoms with Crippen molar-refractivity contribution >= 4 is 18.3 Å². The molecule has 0 heterocycles. The van der Waals surface area contributed by atoms with Crippen LogP contribution < -0.4 is 10.6 Å². The zero-order valence-corrected chi connectivity index (χ0v) is 4.80. The standard InChI is InChI=1S/C4H6N2O3/c1-3(8)6-4(9)5-2-7/h2H,1H3,(H2,5,6,7,8,9). The Morgan fingerprint density at radius 3 is 2.33 bits per heavy atom. The van der Waals surface area contributed by atoms with Crippen molar-refractivity contribution < 1.29 is 14.4 Å². The molecule has 0 saturated heterocycles. The highest BCUT2D eigenvalue weighted by Gasteiger charge is 1.97. The first-order valence-electron chi connectivity index (χ1n) is 2.18. The summed E-state index contributed by atoms with van der Waals surface area (Å²) in [6, 6.07) is -0.808. The van der Waals surface area contributed by atoms with Gasteiger partial charge < -0.3 is 0 Å². The van der Waals surface area contributed by atoms with E-state index in [0.717, 1.165) is 0 Å². The van der Waals surface area contributed by atoms with E-state index >= 15 is 0 Å². The molecule has 0 rings (SSSR count). The second-order valence-corrected chi connectivity index (χ2v) is 1.27. The summed E-state index contributed by atoms with van der Waals surface area (Å²) < 4.78 is 0. The zero-order valence-electron chi connectivity index (χ0n) is 4.80. The normalized spacial score (nSPS) is 7.67. The van der Waals surface area contributed by atoms with Gasteiger partial charge >= 0.3 is 6.03 Å². The van der Waals surface area contributed by atoms with Gasteiger partial charge in [-0.15, -0.1) is 0 Å². The van der Waals surface area contributed by atoms with Gasteiger partial charge in [-0.1, -0.05) is 0 Å². The van der Waals surface area contributed by atoms with Crippen LogP contribution in [-0.4, -0.2) is 18.3 Å².